The van der Waals surface area contributed by atoms with E-state index in [1.165, 1.54) is 40.6 Å². The van der Waals surface area contributed by atoms with Crippen molar-refractivity contribution < 1.29 is 32.1 Å². The van der Waals surface area contributed by atoms with Crippen LogP contribution in [0.1, 0.15) is 22.3 Å². The first kappa shape index (κ1) is 21.6. The monoisotopic (exact) mass is 442 g/mol. The van der Waals surface area contributed by atoms with Gasteiger partial charge >= 0.3 is 6.18 Å². The van der Waals surface area contributed by atoms with Gasteiger partial charge < -0.3 is 18.9 Å². The number of ether oxygens (including phenoxy) is 4. The van der Waals surface area contributed by atoms with Crippen LogP contribution in [0.3, 0.4) is 0 Å². The van der Waals surface area contributed by atoms with E-state index in [0.717, 1.165) is 28.3 Å². The molecular weight excluding hydrogens is 421 g/mol. The maximum Gasteiger partial charge on any atom is 0.416 e. The summed E-state index contributed by atoms with van der Waals surface area (Å²) in [6.45, 7) is 0. The van der Waals surface area contributed by atoms with Crippen molar-refractivity contribution >= 4 is 11.6 Å². The molecule has 3 aromatic carbocycles. The number of fused-ring (bicyclic) bond motifs is 3. The van der Waals surface area contributed by atoms with E-state index >= 15 is 0 Å². The molecule has 4 rings (SSSR count). The van der Waals surface area contributed by atoms with Crippen molar-refractivity contribution in [2.75, 3.05) is 28.4 Å². The minimum Gasteiger partial charge on any atom is -0.493 e. The molecule has 3 aromatic rings. The molecule has 1 aliphatic carbocycles. The molecular formula is C25H21F3O4. The molecule has 32 heavy (non-hydrogen) atoms. The molecule has 0 heterocycles. The Bertz CT molecular complexity index is 1150. The molecule has 1 aliphatic rings. The molecule has 0 fully saturated rings. The van der Waals surface area contributed by atoms with Gasteiger partial charge in [0, 0.05) is 0 Å². The molecule has 0 N–H and O–H groups in total. The van der Waals surface area contributed by atoms with Gasteiger partial charge in [0.1, 0.15) is 0 Å². The Balaban J connectivity index is 2.05. The van der Waals surface area contributed by atoms with E-state index in [1.807, 2.05) is 12.1 Å². The second-order valence-electron chi connectivity index (χ2n) is 7.15. The first-order chi connectivity index (χ1) is 15.3. The quantitative estimate of drug-likeness (QED) is 0.363. The number of benzene rings is 3. The molecule has 0 aliphatic heterocycles. The average molecular weight is 442 g/mol. The number of alkyl halides is 3. The van der Waals surface area contributed by atoms with Gasteiger partial charge in [-0.3, -0.25) is 0 Å². The van der Waals surface area contributed by atoms with Crippen molar-refractivity contribution in [3.05, 3.63) is 70.8 Å². The Hall–Kier alpha value is -3.61. The number of methoxy groups -OCH3 is 4. The van der Waals surface area contributed by atoms with E-state index in [1.54, 1.807) is 24.3 Å². The van der Waals surface area contributed by atoms with Crippen LogP contribution in [-0.2, 0) is 6.18 Å². The molecule has 0 aromatic heterocycles. The van der Waals surface area contributed by atoms with Gasteiger partial charge in [0.15, 0.2) is 23.0 Å². The standard InChI is InChI=1S/C25H21F3O4/c1-29-21-10-16-15(9-14-7-5-6-8-20(14)25(26,27)28)17-11-22(30-2)24(32-4)13-19(17)18(16)12-23(21)31-3/h5-13H,1-4H3. The predicted octanol–water partition coefficient (Wildman–Crippen LogP) is 6.31. The molecule has 4 nitrogen and oxygen atoms in total. The predicted molar refractivity (Wildman–Crippen MR) is 117 cm³/mol. The summed E-state index contributed by atoms with van der Waals surface area (Å²) in [5, 5.41) is 0. The first-order valence-corrected chi connectivity index (χ1v) is 9.73. The number of rotatable bonds is 5. The fraction of sp³-hybridized carbons (Fsp3) is 0.200. The number of hydrogen-bond donors (Lipinski definition) is 0. The van der Waals surface area contributed by atoms with Gasteiger partial charge in [0.05, 0.1) is 34.0 Å². The normalized spacial score (nSPS) is 12.2. The first-order valence-electron chi connectivity index (χ1n) is 9.73. The number of hydrogen-bond acceptors (Lipinski definition) is 4. The lowest BCUT2D eigenvalue weighted by Crippen LogP contribution is -2.07. The molecule has 0 saturated heterocycles. The van der Waals surface area contributed by atoms with E-state index < -0.39 is 11.7 Å². The van der Waals surface area contributed by atoms with Crippen molar-refractivity contribution in [3.8, 4) is 34.1 Å². The Labute approximate surface area is 183 Å². The Kier molecular flexibility index (Phi) is 5.50. The highest BCUT2D eigenvalue weighted by Gasteiger charge is 2.34. The van der Waals surface area contributed by atoms with E-state index in [9.17, 15) is 13.2 Å². The topological polar surface area (TPSA) is 36.9 Å². The van der Waals surface area contributed by atoms with Crippen LogP contribution in [0.2, 0.25) is 0 Å². The zero-order valence-corrected chi connectivity index (χ0v) is 18.0. The molecule has 0 spiro atoms. The third-order valence-corrected chi connectivity index (χ3v) is 5.48. The Morgan fingerprint density at radius 2 is 1.03 bits per heavy atom. The van der Waals surface area contributed by atoms with Crippen molar-refractivity contribution in [2.45, 2.75) is 6.18 Å². The smallest absolute Gasteiger partial charge is 0.416 e. The summed E-state index contributed by atoms with van der Waals surface area (Å²) in [6, 6.07) is 12.7. The van der Waals surface area contributed by atoms with E-state index in [2.05, 4.69) is 0 Å². The van der Waals surface area contributed by atoms with Crippen LogP contribution in [0.4, 0.5) is 13.2 Å². The fourth-order valence-electron chi connectivity index (χ4n) is 3.99. The highest BCUT2D eigenvalue weighted by Crippen LogP contribution is 2.52. The van der Waals surface area contributed by atoms with Crippen molar-refractivity contribution in [3.63, 3.8) is 0 Å². The average Bonchev–Trinajstić information content (AvgIpc) is 3.08. The minimum atomic E-state index is -4.48. The van der Waals surface area contributed by atoms with Crippen LogP contribution in [0.25, 0.3) is 22.8 Å². The molecule has 0 amide bonds. The summed E-state index contributed by atoms with van der Waals surface area (Å²) in [7, 11) is 6.09. The molecule has 0 saturated carbocycles. The summed E-state index contributed by atoms with van der Waals surface area (Å²) in [6.07, 6.45) is -2.93. The molecule has 0 unspecified atom stereocenters. The summed E-state index contributed by atoms with van der Waals surface area (Å²) < 4.78 is 62.7. The Morgan fingerprint density at radius 1 is 0.625 bits per heavy atom. The second kappa shape index (κ2) is 8.15. The molecule has 7 heteroatoms. The van der Waals surface area contributed by atoms with Gasteiger partial charge in [-0.15, -0.1) is 0 Å². The van der Waals surface area contributed by atoms with Gasteiger partial charge in [-0.2, -0.15) is 13.2 Å². The van der Waals surface area contributed by atoms with Crippen LogP contribution >= 0.6 is 0 Å². The molecule has 0 radical (unpaired) electrons. The lowest BCUT2D eigenvalue weighted by Gasteiger charge is -2.13. The lowest BCUT2D eigenvalue weighted by molar-refractivity contribution is -0.137. The lowest BCUT2D eigenvalue weighted by atomic mass is 9.98. The van der Waals surface area contributed by atoms with E-state index in [4.69, 9.17) is 18.9 Å². The zero-order chi connectivity index (χ0) is 23.0. The minimum absolute atomic E-state index is 0.0679. The second-order valence-corrected chi connectivity index (χ2v) is 7.15. The van der Waals surface area contributed by atoms with Crippen LogP contribution in [0, 0.1) is 0 Å². The van der Waals surface area contributed by atoms with Gasteiger partial charge in [-0.25, -0.2) is 0 Å². The third-order valence-electron chi connectivity index (χ3n) is 5.48. The van der Waals surface area contributed by atoms with Crippen LogP contribution in [-0.4, -0.2) is 28.4 Å². The summed E-state index contributed by atoms with van der Waals surface area (Å²) in [5.74, 6) is 1.99. The SMILES string of the molecule is COc1cc2c(cc1OC)-c1cc(OC)c(OC)cc1C2=Cc1ccccc1C(F)(F)F. The van der Waals surface area contributed by atoms with E-state index in [0.29, 0.717) is 28.6 Å². The third kappa shape index (κ3) is 3.53. The van der Waals surface area contributed by atoms with Crippen LogP contribution < -0.4 is 18.9 Å². The molecule has 166 valence electrons. The zero-order valence-electron chi connectivity index (χ0n) is 18.0. The maximum atomic E-state index is 13.6. The van der Waals surface area contributed by atoms with Crippen LogP contribution in [0.5, 0.6) is 23.0 Å². The van der Waals surface area contributed by atoms with Gasteiger partial charge in [-0.1, -0.05) is 18.2 Å². The summed E-state index contributed by atoms with van der Waals surface area (Å²) in [4.78, 5) is 0. The van der Waals surface area contributed by atoms with Crippen molar-refractivity contribution in [1.29, 1.82) is 0 Å². The Morgan fingerprint density at radius 3 is 1.44 bits per heavy atom. The molecule has 0 bridgehead atoms. The van der Waals surface area contributed by atoms with Crippen molar-refractivity contribution in [1.82, 2.24) is 0 Å². The molecule has 0 atom stereocenters. The summed E-state index contributed by atoms with van der Waals surface area (Å²) >= 11 is 0. The van der Waals surface area contributed by atoms with Crippen LogP contribution in [0.15, 0.2) is 48.5 Å². The maximum absolute atomic E-state index is 13.6. The van der Waals surface area contributed by atoms with Gasteiger partial charge in [-0.05, 0) is 69.8 Å². The number of halogens is 3. The fourth-order valence-corrected chi connectivity index (χ4v) is 3.99. The largest absolute Gasteiger partial charge is 0.493 e. The highest BCUT2D eigenvalue weighted by atomic mass is 19.4. The summed E-state index contributed by atoms with van der Waals surface area (Å²) in [5.41, 5.74) is 3.04. The van der Waals surface area contributed by atoms with Gasteiger partial charge in [0.2, 0.25) is 0 Å². The highest BCUT2D eigenvalue weighted by molar-refractivity contribution is 6.08. The van der Waals surface area contributed by atoms with E-state index in [-0.39, 0.29) is 5.56 Å². The van der Waals surface area contributed by atoms with Crippen molar-refractivity contribution in [2.24, 2.45) is 0 Å². The van der Waals surface area contributed by atoms with Gasteiger partial charge in [0.25, 0.3) is 0 Å².